The number of carbonyl (C=O) groups excluding carboxylic acids is 3. The smallest absolute Gasteiger partial charge is 0.339 e. The third-order valence-electron chi connectivity index (χ3n) is 3.77. The van der Waals surface area contributed by atoms with Gasteiger partial charge in [-0.1, -0.05) is 0 Å². The van der Waals surface area contributed by atoms with Crippen molar-refractivity contribution in [2.75, 3.05) is 19.5 Å². The van der Waals surface area contributed by atoms with Crippen molar-refractivity contribution in [3.8, 4) is 11.5 Å². The van der Waals surface area contributed by atoms with Gasteiger partial charge < -0.3 is 25.3 Å². The summed E-state index contributed by atoms with van der Waals surface area (Å²) in [5, 5.41) is 2.59. The molecule has 2 amide bonds. The molecule has 1 unspecified atom stereocenters. The van der Waals surface area contributed by atoms with E-state index in [2.05, 4.69) is 21.2 Å². The van der Waals surface area contributed by atoms with Crippen LogP contribution in [0.15, 0.2) is 40.9 Å². The second-order valence-corrected chi connectivity index (χ2v) is 6.47. The number of primary amides is 1. The number of ether oxygens (including phenoxy) is 3. The van der Waals surface area contributed by atoms with Crippen LogP contribution in [-0.2, 0) is 9.53 Å². The van der Waals surface area contributed by atoms with Gasteiger partial charge in [-0.05, 0) is 59.3 Å². The molecule has 1 atom stereocenters. The summed E-state index contributed by atoms with van der Waals surface area (Å²) in [6.45, 7) is 1.44. The van der Waals surface area contributed by atoms with Crippen LogP contribution in [0.25, 0.3) is 0 Å². The first-order chi connectivity index (χ1) is 13.3. The SMILES string of the molecule is COc1cc(C(=O)OC(C)C(=O)Nc2ccc(C(N)=O)cc2)cc(OC)c1Br. The third kappa shape index (κ3) is 5.01. The molecule has 8 nitrogen and oxygen atoms in total. The van der Waals surface area contributed by atoms with E-state index in [0.29, 0.717) is 27.2 Å². The number of hydrogen-bond acceptors (Lipinski definition) is 6. The Labute approximate surface area is 170 Å². The lowest BCUT2D eigenvalue weighted by Crippen LogP contribution is -2.30. The summed E-state index contributed by atoms with van der Waals surface area (Å²) in [5.41, 5.74) is 6.09. The van der Waals surface area contributed by atoms with Crippen LogP contribution in [0.5, 0.6) is 11.5 Å². The normalized spacial score (nSPS) is 11.3. The van der Waals surface area contributed by atoms with E-state index in [0.717, 1.165) is 0 Å². The quantitative estimate of drug-likeness (QED) is 0.626. The van der Waals surface area contributed by atoms with Crippen LogP contribution in [0.4, 0.5) is 5.69 Å². The summed E-state index contributed by atoms with van der Waals surface area (Å²) in [7, 11) is 2.91. The number of esters is 1. The molecule has 2 rings (SSSR count). The predicted molar refractivity (Wildman–Crippen MR) is 106 cm³/mol. The summed E-state index contributed by atoms with van der Waals surface area (Å²) in [4.78, 5) is 35.7. The highest BCUT2D eigenvalue weighted by Crippen LogP contribution is 2.35. The second kappa shape index (κ2) is 9.23. The van der Waals surface area contributed by atoms with Gasteiger partial charge in [-0.15, -0.1) is 0 Å². The molecule has 0 aromatic heterocycles. The third-order valence-corrected chi connectivity index (χ3v) is 4.55. The number of amides is 2. The maximum Gasteiger partial charge on any atom is 0.339 e. The highest BCUT2D eigenvalue weighted by Gasteiger charge is 2.21. The molecule has 9 heteroatoms. The molecule has 0 bridgehead atoms. The summed E-state index contributed by atoms with van der Waals surface area (Å²) < 4.78 is 16.2. The van der Waals surface area contributed by atoms with Crippen molar-refractivity contribution in [2.24, 2.45) is 5.73 Å². The number of anilines is 1. The van der Waals surface area contributed by atoms with E-state index in [9.17, 15) is 14.4 Å². The molecule has 0 spiro atoms. The van der Waals surface area contributed by atoms with Gasteiger partial charge in [0.15, 0.2) is 6.10 Å². The maximum atomic E-state index is 12.4. The number of benzene rings is 2. The zero-order valence-corrected chi connectivity index (χ0v) is 17.0. The second-order valence-electron chi connectivity index (χ2n) is 5.67. The number of halogens is 1. The van der Waals surface area contributed by atoms with Gasteiger partial charge in [-0.3, -0.25) is 9.59 Å². The van der Waals surface area contributed by atoms with Gasteiger partial charge in [0.25, 0.3) is 5.91 Å². The van der Waals surface area contributed by atoms with Gasteiger partial charge in [0.05, 0.1) is 19.8 Å². The van der Waals surface area contributed by atoms with Crippen LogP contribution in [0.2, 0.25) is 0 Å². The van der Waals surface area contributed by atoms with Crippen molar-refractivity contribution in [1.82, 2.24) is 0 Å². The van der Waals surface area contributed by atoms with E-state index in [4.69, 9.17) is 19.9 Å². The zero-order chi connectivity index (χ0) is 20.8. The topological polar surface area (TPSA) is 117 Å². The average molecular weight is 451 g/mol. The van der Waals surface area contributed by atoms with E-state index in [-0.39, 0.29) is 5.56 Å². The maximum absolute atomic E-state index is 12.4. The van der Waals surface area contributed by atoms with Crippen LogP contribution in [0, 0.1) is 0 Å². The van der Waals surface area contributed by atoms with Crippen molar-refractivity contribution < 1.29 is 28.6 Å². The lowest BCUT2D eigenvalue weighted by molar-refractivity contribution is -0.123. The molecule has 0 heterocycles. The van der Waals surface area contributed by atoms with E-state index in [1.807, 2.05) is 0 Å². The predicted octanol–water partition coefficient (Wildman–Crippen LogP) is 2.75. The summed E-state index contributed by atoms with van der Waals surface area (Å²) in [6, 6.07) is 8.96. The van der Waals surface area contributed by atoms with Crippen molar-refractivity contribution >= 4 is 39.4 Å². The largest absolute Gasteiger partial charge is 0.495 e. The summed E-state index contributed by atoms with van der Waals surface area (Å²) >= 11 is 3.31. The molecule has 148 valence electrons. The molecule has 2 aromatic carbocycles. The molecular formula is C19H19BrN2O6. The Hall–Kier alpha value is -3.07. The average Bonchev–Trinajstić information content (AvgIpc) is 2.68. The fraction of sp³-hybridized carbons (Fsp3) is 0.211. The van der Waals surface area contributed by atoms with Gasteiger partial charge in [0.1, 0.15) is 16.0 Å². The molecule has 0 radical (unpaired) electrons. The summed E-state index contributed by atoms with van der Waals surface area (Å²) in [5.74, 6) is -1.04. The van der Waals surface area contributed by atoms with E-state index in [1.54, 1.807) is 0 Å². The number of rotatable bonds is 7. The van der Waals surface area contributed by atoms with Crippen molar-refractivity contribution in [1.29, 1.82) is 0 Å². The van der Waals surface area contributed by atoms with Gasteiger partial charge in [-0.2, -0.15) is 0 Å². The Morgan fingerprint density at radius 2 is 1.54 bits per heavy atom. The Balaban J connectivity index is 2.07. The van der Waals surface area contributed by atoms with Gasteiger partial charge in [-0.25, -0.2) is 4.79 Å². The minimum Gasteiger partial charge on any atom is -0.495 e. The van der Waals surface area contributed by atoms with Crippen LogP contribution >= 0.6 is 15.9 Å². The Morgan fingerprint density at radius 1 is 1.00 bits per heavy atom. The number of methoxy groups -OCH3 is 2. The molecule has 0 aliphatic rings. The minimum absolute atomic E-state index is 0.169. The lowest BCUT2D eigenvalue weighted by Gasteiger charge is -2.15. The molecule has 0 aliphatic carbocycles. The molecule has 0 aliphatic heterocycles. The fourth-order valence-corrected chi connectivity index (χ4v) is 2.78. The van der Waals surface area contributed by atoms with E-state index in [1.165, 1.54) is 57.5 Å². The van der Waals surface area contributed by atoms with E-state index < -0.39 is 23.9 Å². The monoisotopic (exact) mass is 450 g/mol. The fourth-order valence-electron chi connectivity index (χ4n) is 2.23. The Kier molecular flexibility index (Phi) is 7.00. The Bertz CT molecular complexity index is 873. The van der Waals surface area contributed by atoms with Gasteiger partial charge >= 0.3 is 5.97 Å². The van der Waals surface area contributed by atoms with Gasteiger partial charge in [0.2, 0.25) is 5.91 Å². The zero-order valence-electron chi connectivity index (χ0n) is 15.4. The van der Waals surface area contributed by atoms with Crippen LogP contribution in [0.1, 0.15) is 27.6 Å². The number of nitrogens with two attached hydrogens (primary N) is 1. The highest BCUT2D eigenvalue weighted by molar-refractivity contribution is 9.10. The van der Waals surface area contributed by atoms with Crippen molar-refractivity contribution in [3.63, 3.8) is 0 Å². The van der Waals surface area contributed by atoms with Crippen LogP contribution < -0.4 is 20.5 Å². The first-order valence-corrected chi connectivity index (χ1v) is 8.89. The molecule has 0 fully saturated rings. The first kappa shape index (κ1) is 21.2. The van der Waals surface area contributed by atoms with E-state index >= 15 is 0 Å². The highest BCUT2D eigenvalue weighted by atomic mass is 79.9. The molecular weight excluding hydrogens is 432 g/mol. The lowest BCUT2D eigenvalue weighted by atomic mass is 10.2. The minimum atomic E-state index is -1.07. The number of carbonyl (C=O) groups is 3. The van der Waals surface area contributed by atoms with Crippen LogP contribution in [-0.4, -0.2) is 38.1 Å². The van der Waals surface area contributed by atoms with Crippen molar-refractivity contribution in [2.45, 2.75) is 13.0 Å². The molecule has 0 saturated carbocycles. The van der Waals surface area contributed by atoms with Crippen LogP contribution in [0.3, 0.4) is 0 Å². The molecule has 3 N–H and O–H groups in total. The number of nitrogens with one attached hydrogen (secondary N) is 1. The molecule has 2 aromatic rings. The summed E-state index contributed by atoms with van der Waals surface area (Å²) in [6.07, 6.45) is -1.07. The van der Waals surface area contributed by atoms with Gasteiger partial charge in [0, 0.05) is 11.3 Å². The first-order valence-electron chi connectivity index (χ1n) is 8.10. The van der Waals surface area contributed by atoms with Crippen molar-refractivity contribution in [3.05, 3.63) is 52.0 Å². The molecule has 0 saturated heterocycles. The Morgan fingerprint density at radius 3 is 2.00 bits per heavy atom. The standard InChI is InChI=1S/C19H19BrN2O6/c1-10(18(24)22-13-6-4-11(5-7-13)17(21)23)28-19(25)12-8-14(26-2)16(20)15(9-12)27-3/h4-10H,1-3H3,(H2,21,23)(H,22,24). The molecule has 28 heavy (non-hydrogen) atoms. The number of hydrogen-bond donors (Lipinski definition) is 2.